The van der Waals surface area contributed by atoms with Crippen molar-refractivity contribution < 1.29 is 4.79 Å². The molecular formula is C30H45N5OS. The summed E-state index contributed by atoms with van der Waals surface area (Å²) in [5.41, 5.74) is 12.9. The Morgan fingerprint density at radius 2 is 2.00 bits per heavy atom. The van der Waals surface area contributed by atoms with Gasteiger partial charge in [-0.3, -0.25) is 4.79 Å². The number of carbonyl (C=O) groups excluding carboxylic acids is 1. The predicted octanol–water partition coefficient (Wildman–Crippen LogP) is 6.74. The SMILES string of the molecule is C/C=C\c1[nH]c(/C(NC)=C2\C(N)=NC=CN2CC(CCC)CCC)cc1CC.CC(=O)Cc1ccsc1. The zero-order chi connectivity index (χ0) is 27.2. The van der Waals surface area contributed by atoms with Crippen molar-refractivity contribution in [2.45, 2.75) is 73.1 Å². The smallest absolute Gasteiger partial charge is 0.149 e. The summed E-state index contributed by atoms with van der Waals surface area (Å²) >= 11 is 1.63. The fourth-order valence-electron chi connectivity index (χ4n) is 4.64. The summed E-state index contributed by atoms with van der Waals surface area (Å²) in [6, 6.07) is 4.19. The van der Waals surface area contributed by atoms with Crippen LogP contribution in [0.3, 0.4) is 0 Å². The lowest BCUT2D eigenvalue weighted by atomic mass is 9.97. The van der Waals surface area contributed by atoms with E-state index in [0.717, 1.165) is 41.3 Å². The molecule has 2 aromatic heterocycles. The van der Waals surface area contributed by atoms with E-state index in [1.54, 1.807) is 24.5 Å². The number of nitrogens with two attached hydrogens (primary N) is 1. The molecule has 3 heterocycles. The van der Waals surface area contributed by atoms with Gasteiger partial charge in [0.15, 0.2) is 0 Å². The number of rotatable bonds is 12. The number of amidine groups is 1. The van der Waals surface area contributed by atoms with Crippen LogP contribution in [0.5, 0.6) is 0 Å². The number of Topliss-reactive ketones (excluding diaryl/α,β-unsaturated/α-hetero) is 1. The van der Waals surface area contributed by atoms with Crippen LogP contribution < -0.4 is 11.1 Å². The van der Waals surface area contributed by atoms with Crippen molar-refractivity contribution in [2.24, 2.45) is 16.6 Å². The van der Waals surface area contributed by atoms with Gasteiger partial charge in [0.05, 0.1) is 11.4 Å². The van der Waals surface area contributed by atoms with Crippen LogP contribution in [0.25, 0.3) is 11.8 Å². The summed E-state index contributed by atoms with van der Waals surface area (Å²) in [6.45, 7) is 11.3. The van der Waals surface area contributed by atoms with E-state index in [1.165, 1.54) is 31.2 Å². The average molecular weight is 524 g/mol. The van der Waals surface area contributed by atoms with Crippen LogP contribution in [0.15, 0.2) is 52.1 Å². The number of nitrogens with zero attached hydrogens (tertiary/aromatic N) is 2. The van der Waals surface area contributed by atoms with Gasteiger partial charge in [-0.1, -0.05) is 39.7 Å². The predicted molar refractivity (Wildman–Crippen MR) is 160 cm³/mol. The molecule has 6 nitrogen and oxygen atoms in total. The Kier molecular flexibility index (Phi) is 13.0. The van der Waals surface area contributed by atoms with E-state index in [2.05, 4.69) is 65.4 Å². The molecule has 0 aromatic carbocycles. The van der Waals surface area contributed by atoms with E-state index in [1.807, 2.05) is 30.8 Å². The number of H-pyrrole nitrogens is 1. The first-order valence-corrected chi connectivity index (χ1v) is 14.4. The van der Waals surface area contributed by atoms with Gasteiger partial charge in [0.2, 0.25) is 0 Å². The molecule has 37 heavy (non-hydrogen) atoms. The number of ketones is 1. The Labute approximate surface area is 227 Å². The number of carbonyl (C=O) groups is 1. The van der Waals surface area contributed by atoms with Crippen LogP contribution in [-0.2, 0) is 17.6 Å². The molecule has 7 heteroatoms. The normalized spacial score (nSPS) is 14.6. The Hall–Kier alpha value is -3.06. The maximum Gasteiger partial charge on any atom is 0.149 e. The van der Waals surface area contributed by atoms with Gasteiger partial charge in [0.1, 0.15) is 17.3 Å². The van der Waals surface area contributed by atoms with Crippen molar-refractivity contribution in [3.05, 3.63) is 69.6 Å². The number of aryl methyl sites for hydroxylation is 1. The first-order chi connectivity index (χ1) is 17.9. The van der Waals surface area contributed by atoms with E-state index in [9.17, 15) is 4.79 Å². The molecule has 0 radical (unpaired) electrons. The maximum absolute atomic E-state index is 10.5. The molecular weight excluding hydrogens is 478 g/mol. The molecule has 1 aliphatic heterocycles. The zero-order valence-electron chi connectivity index (χ0n) is 23.4. The fourth-order valence-corrected chi connectivity index (χ4v) is 5.31. The molecule has 0 bridgehead atoms. The van der Waals surface area contributed by atoms with E-state index in [4.69, 9.17) is 5.73 Å². The third-order valence-electron chi connectivity index (χ3n) is 6.28. The van der Waals surface area contributed by atoms with Crippen molar-refractivity contribution in [2.75, 3.05) is 13.6 Å². The molecule has 4 N–H and O–H groups in total. The summed E-state index contributed by atoms with van der Waals surface area (Å²) in [6.07, 6.45) is 14.5. The summed E-state index contributed by atoms with van der Waals surface area (Å²) < 4.78 is 0. The molecule has 0 amide bonds. The number of thiophene rings is 1. The lowest BCUT2D eigenvalue weighted by Gasteiger charge is -2.31. The van der Waals surface area contributed by atoms with Crippen molar-refractivity contribution >= 4 is 34.7 Å². The number of aliphatic imine (C=N–C) groups is 1. The molecule has 0 saturated heterocycles. The second kappa shape index (κ2) is 15.9. The second-order valence-corrected chi connectivity index (χ2v) is 10.1. The highest BCUT2D eigenvalue weighted by Crippen LogP contribution is 2.27. The van der Waals surface area contributed by atoms with Crippen molar-refractivity contribution in [1.82, 2.24) is 15.2 Å². The maximum atomic E-state index is 10.5. The molecule has 1 aliphatic rings. The van der Waals surface area contributed by atoms with Crippen LogP contribution in [0.1, 0.15) is 82.8 Å². The van der Waals surface area contributed by atoms with Gasteiger partial charge in [-0.05, 0) is 79.1 Å². The Bertz CT molecular complexity index is 1090. The van der Waals surface area contributed by atoms with Crippen LogP contribution in [-0.4, -0.2) is 35.1 Å². The van der Waals surface area contributed by atoms with Crippen LogP contribution in [0.4, 0.5) is 0 Å². The van der Waals surface area contributed by atoms with Gasteiger partial charge < -0.3 is 20.9 Å². The standard InChI is InChI=1S/C23H37N5.C7H8OS/c1-6-10-17(11-7-2)16-28-14-13-26-23(24)22(28)21(25-5)20-15-18(9-4)19(27-20)12-8-3;1-6(8)4-7-2-3-9-5-7/h8,12-15,17,25,27H,6-7,9-11,16H2,1-5H3,(H2,24,26);2-3,5H,4H2,1H3/b12-8-,22-21-;. The number of nitrogens with one attached hydrogen (secondary N) is 2. The Balaban J connectivity index is 0.000000449. The van der Waals surface area contributed by atoms with Crippen LogP contribution >= 0.6 is 11.3 Å². The number of hydrogen-bond acceptors (Lipinski definition) is 6. The van der Waals surface area contributed by atoms with E-state index < -0.39 is 0 Å². The first kappa shape index (κ1) is 30.2. The minimum atomic E-state index is 0.230. The van der Waals surface area contributed by atoms with Gasteiger partial charge in [-0.15, -0.1) is 0 Å². The second-order valence-electron chi connectivity index (χ2n) is 9.37. The van der Waals surface area contributed by atoms with Gasteiger partial charge in [0, 0.05) is 38.1 Å². The topological polar surface area (TPSA) is 86.5 Å². The molecule has 202 valence electrons. The molecule has 0 unspecified atom stereocenters. The lowest BCUT2D eigenvalue weighted by molar-refractivity contribution is -0.116. The molecule has 3 rings (SSSR count). The molecule has 0 spiro atoms. The van der Waals surface area contributed by atoms with Crippen LogP contribution in [0.2, 0.25) is 0 Å². The fraction of sp³-hybridized carbons (Fsp3) is 0.467. The van der Waals surface area contributed by atoms with Crippen molar-refractivity contribution in [3.63, 3.8) is 0 Å². The molecule has 0 fully saturated rings. The van der Waals surface area contributed by atoms with Gasteiger partial charge in [-0.25, -0.2) is 4.99 Å². The van der Waals surface area contributed by atoms with Crippen molar-refractivity contribution in [1.29, 1.82) is 0 Å². The molecule has 2 aromatic rings. The quantitative estimate of drug-likeness (QED) is 0.288. The lowest BCUT2D eigenvalue weighted by Crippen LogP contribution is -2.36. The summed E-state index contributed by atoms with van der Waals surface area (Å²) in [4.78, 5) is 20.7. The number of aromatic nitrogens is 1. The number of hydrogen-bond donors (Lipinski definition) is 3. The third kappa shape index (κ3) is 9.08. The Morgan fingerprint density at radius 1 is 1.27 bits per heavy atom. The highest BCUT2D eigenvalue weighted by Gasteiger charge is 2.24. The molecule has 0 saturated carbocycles. The largest absolute Gasteiger partial charge is 0.385 e. The summed E-state index contributed by atoms with van der Waals surface area (Å²) in [5, 5.41) is 7.37. The van der Waals surface area contributed by atoms with E-state index in [0.29, 0.717) is 18.2 Å². The Morgan fingerprint density at radius 3 is 2.54 bits per heavy atom. The number of allylic oxidation sites excluding steroid dienone is 1. The van der Waals surface area contributed by atoms with Gasteiger partial charge in [0.25, 0.3) is 0 Å². The summed E-state index contributed by atoms with van der Waals surface area (Å²) in [7, 11) is 1.95. The average Bonchev–Trinajstić information content (AvgIpc) is 3.52. The highest BCUT2D eigenvalue weighted by atomic mass is 32.1. The molecule has 0 atom stereocenters. The van der Waals surface area contributed by atoms with E-state index >= 15 is 0 Å². The minimum Gasteiger partial charge on any atom is -0.385 e. The zero-order valence-corrected chi connectivity index (χ0v) is 24.3. The van der Waals surface area contributed by atoms with Crippen molar-refractivity contribution in [3.8, 4) is 0 Å². The summed E-state index contributed by atoms with van der Waals surface area (Å²) in [5.74, 6) is 1.43. The van der Waals surface area contributed by atoms with E-state index in [-0.39, 0.29) is 5.78 Å². The monoisotopic (exact) mass is 523 g/mol. The van der Waals surface area contributed by atoms with Gasteiger partial charge >= 0.3 is 0 Å². The number of aromatic amines is 1. The third-order valence-corrected chi connectivity index (χ3v) is 7.01. The van der Waals surface area contributed by atoms with Crippen LogP contribution in [0, 0.1) is 5.92 Å². The first-order valence-electron chi connectivity index (χ1n) is 13.4. The highest BCUT2D eigenvalue weighted by molar-refractivity contribution is 7.08. The minimum absolute atomic E-state index is 0.230. The van der Waals surface area contributed by atoms with Gasteiger partial charge in [-0.2, -0.15) is 11.3 Å². The molecule has 0 aliphatic carbocycles.